The Balaban J connectivity index is 3.95. The quantitative estimate of drug-likeness (QED) is 0.0195. The summed E-state index contributed by atoms with van der Waals surface area (Å²) in [5.74, 6) is -2.26. The molecule has 0 heterocycles. The first-order chi connectivity index (χ1) is 42.6. The van der Waals surface area contributed by atoms with Crippen molar-refractivity contribution in [2.24, 2.45) is 0 Å². The third kappa shape index (κ3) is 70.8. The SMILES string of the molecule is CCCCCCC/C=C\C/C=C\CCCCCCCCCCCCCC(=O)OC(COC(=O)CCCCCCCCCCCCCCCCCCCCCCCCCCCCC/C=C\CCCCCCCCCC)COC(OCC[N+](C)(C)C)C(=O)[O-]. The number of rotatable bonds is 72. The van der Waals surface area contributed by atoms with Crippen LogP contribution >= 0.6 is 0 Å². The minimum absolute atomic E-state index is 0.150. The van der Waals surface area contributed by atoms with Gasteiger partial charge in [-0.25, -0.2) is 0 Å². The van der Waals surface area contributed by atoms with Crippen molar-refractivity contribution in [3.05, 3.63) is 36.5 Å². The maximum atomic E-state index is 12.9. The van der Waals surface area contributed by atoms with Crippen LogP contribution < -0.4 is 5.11 Å². The van der Waals surface area contributed by atoms with Crippen LogP contribution in [0.25, 0.3) is 0 Å². The van der Waals surface area contributed by atoms with Gasteiger partial charge in [-0.05, 0) is 70.6 Å². The van der Waals surface area contributed by atoms with Crippen molar-refractivity contribution < 1.29 is 42.9 Å². The minimum atomic E-state index is -1.62. The molecule has 0 radical (unpaired) electrons. The number of ether oxygens (including phenoxy) is 4. The number of carbonyl (C=O) groups excluding carboxylic acids is 3. The van der Waals surface area contributed by atoms with Gasteiger partial charge in [0.15, 0.2) is 12.4 Å². The summed E-state index contributed by atoms with van der Waals surface area (Å²) in [6, 6.07) is 0. The first kappa shape index (κ1) is 84.5. The van der Waals surface area contributed by atoms with E-state index in [-0.39, 0.29) is 32.2 Å². The lowest BCUT2D eigenvalue weighted by Gasteiger charge is -2.26. The van der Waals surface area contributed by atoms with E-state index in [9.17, 15) is 19.5 Å². The topological polar surface area (TPSA) is 111 Å². The Morgan fingerprint density at radius 3 is 0.920 bits per heavy atom. The van der Waals surface area contributed by atoms with Crippen LogP contribution in [0.3, 0.4) is 0 Å². The second-order valence-electron chi connectivity index (χ2n) is 27.3. The third-order valence-electron chi connectivity index (χ3n) is 17.4. The number of carbonyl (C=O) groups is 3. The van der Waals surface area contributed by atoms with Gasteiger partial charge in [-0.3, -0.25) is 9.59 Å². The molecule has 0 rings (SSSR count). The molecular formula is C78H147NO8. The van der Waals surface area contributed by atoms with Gasteiger partial charge in [-0.2, -0.15) is 0 Å². The highest BCUT2D eigenvalue weighted by Gasteiger charge is 2.22. The molecule has 0 spiro atoms. The molecule has 2 atom stereocenters. The molecular weight excluding hydrogens is 1080 g/mol. The van der Waals surface area contributed by atoms with E-state index in [0.717, 1.165) is 44.9 Å². The van der Waals surface area contributed by atoms with Crippen molar-refractivity contribution in [1.29, 1.82) is 0 Å². The van der Waals surface area contributed by atoms with E-state index in [1.807, 2.05) is 21.1 Å². The van der Waals surface area contributed by atoms with Crippen molar-refractivity contribution in [2.75, 3.05) is 47.5 Å². The predicted molar refractivity (Wildman–Crippen MR) is 371 cm³/mol. The second-order valence-corrected chi connectivity index (χ2v) is 27.3. The van der Waals surface area contributed by atoms with Gasteiger partial charge in [0.05, 0.1) is 40.3 Å². The Hall–Kier alpha value is -2.49. The fourth-order valence-electron chi connectivity index (χ4n) is 11.5. The summed E-state index contributed by atoms with van der Waals surface area (Å²) < 4.78 is 22.8. The standard InChI is InChI=1S/C78H147NO8/c1-6-8-10-12-14-16-18-20-22-24-26-28-30-31-32-33-34-35-36-37-38-39-40-41-42-43-44-45-47-48-50-52-54-56-58-60-62-64-66-68-75(80)85-72-74(73-86-78(77(82)83)84-71-70-79(3,4)5)87-76(81)69-67-65-63-61-59-57-55-53-51-49-46-29-27-25-23-21-19-17-15-13-11-9-7-2/h19,21,24-27,74,78H,6-18,20,22-23,28-73H2,1-5H3/b21-19-,26-24-,27-25-. The third-order valence-corrected chi connectivity index (χ3v) is 17.4. The molecule has 0 bridgehead atoms. The molecule has 9 heteroatoms. The van der Waals surface area contributed by atoms with Crippen LogP contribution in [0.1, 0.15) is 386 Å². The van der Waals surface area contributed by atoms with Crippen LogP contribution in [-0.4, -0.2) is 82.3 Å². The van der Waals surface area contributed by atoms with Gasteiger partial charge < -0.3 is 33.3 Å². The number of unbranched alkanes of at least 4 members (excludes halogenated alkanes) is 51. The Labute approximate surface area is 540 Å². The van der Waals surface area contributed by atoms with Crippen LogP contribution in [0.4, 0.5) is 0 Å². The van der Waals surface area contributed by atoms with Crippen LogP contribution in [0.5, 0.6) is 0 Å². The first-order valence-electron chi connectivity index (χ1n) is 38.1. The molecule has 0 aliphatic carbocycles. The van der Waals surface area contributed by atoms with Crippen LogP contribution in [-0.2, 0) is 33.3 Å². The molecule has 0 N–H and O–H groups in total. The molecule has 9 nitrogen and oxygen atoms in total. The highest BCUT2D eigenvalue weighted by atomic mass is 16.7. The van der Waals surface area contributed by atoms with E-state index < -0.39 is 24.3 Å². The van der Waals surface area contributed by atoms with Crippen molar-refractivity contribution in [2.45, 2.75) is 399 Å². The average Bonchev–Trinajstić information content (AvgIpc) is 3.50. The maximum Gasteiger partial charge on any atom is 0.306 e. The summed E-state index contributed by atoms with van der Waals surface area (Å²) in [7, 11) is 5.94. The first-order valence-corrected chi connectivity index (χ1v) is 38.1. The second kappa shape index (κ2) is 69.4. The van der Waals surface area contributed by atoms with Gasteiger partial charge in [0, 0.05) is 12.8 Å². The number of carboxylic acid groups (broad SMARTS) is 1. The molecule has 87 heavy (non-hydrogen) atoms. The number of carboxylic acids is 1. The van der Waals surface area contributed by atoms with Gasteiger partial charge in [-0.1, -0.05) is 339 Å². The van der Waals surface area contributed by atoms with E-state index in [4.69, 9.17) is 18.9 Å². The van der Waals surface area contributed by atoms with Crippen molar-refractivity contribution in [3.63, 3.8) is 0 Å². The van der Waals surface area contributed by atoms with Gasteiger partial charge in [0.1, 0.15) is 13.2 Å². The molecule has 0 aromatic rings. The Morgan fingerprint density at radius 1 is 0.345 bits per heavy atom. The number of allylic oxidation sites excluding steroid dienone is 6. The number of aliphatic carboxylic acids is 1. The van der Waals surface area contributed by atoms with E-state index in [1.165, 1.54) is 308 Å². The zero-order chi connectivity index (χ0) is 63.3. The summed E-state index contributed by atoms with van der Waals surface area (Å²) in [5, 5.41) is 11.8. The lowest BCUT2D eigenvalue weighted by Crippen LogP contribution is -2.44. The average molecular weight is 1230 g/mol. The fraction of sp³-hybridized carbons (Fsp3) is 0.885. The number of hydrogen-bond acceptors (Lipinski definition) is 8. The molecule has 0 aromatic heterocycles. The highest BCUT2D eigenvalue weighted by Crippen LogP contribution is 2.19. The summed E-state index contributed by atoms with van der Waals surface area (Å²) >= 11 is 0. The molecule has 0 aliphatic rings. The number of quaternary nitrogens is 1. The molecule has 512 valence electrons. The molecule has 2 unspecified atom stereocenters. The zero-order valence-electron chi connectivity index (χ0n) is 58.7. The summed E-state index contributed by atoms with van der Waals surface area (Å²) in [6.45, 7) is 4.80. The normalized spacial score (nSPS) is 12.8. The fourth-order valence-corrected chi connectivity index (χ4v) is 11.5. The molecule has 0 fully saturated rings. The summed E-state index contributed by atoms with van der Waals surface area (Å²) in [5.41, 5.74) is 0. The van der Waals surface area contributed by atoms with Crippen LogP contribution in [0, 0.1) is 0 Å². The van der Waals surface area contributed by atoms with Crippen LogP contribution in [0.15, 0.2) is 36.5 Å². The zero-order valence-corrected chi connectivity index (χ0v) is 58.7. The van der Waals surface area contributed by atoms with Gasteiger partial charge in [-0.15, -0.1) is 0 Å². The van der Waals surface area contributed by atoms with E-state index >= 15 is 0 Å². The molecule has 0 amide bonds. The predicted octanol–water partition coefficient (Wildman–Crippen LogP) is 22.6. The van der Waals surface area contributed by atoms with Gasteiger partial charge in [0.2, 0.25) is 0 Å². The smallest absolute Gasteiger partial charge is 0.306 e. The molecule has 0 saturated carbocycles. The largest absolute Gasteiger partial charge is 0.545 e. The van der Waals surface area contributed by atoms with Crippen molar-refractivity contribution >= 4 is 17.9 Å². The van der Waals surface area contributed by atoms with E-state index in [1.54, 1.807) is 0 Å². The summed E-state index contributed by atoms with van der Waals surface area (Å²) in [6.07, 6.45) is 85.5. The van der Waals surface area contributed by atoms with E-state index in [0.29, 0.717) is 23.9 Å². The monoisotopic (exact) mass is 1230 g/mol. The van der Waals surface area contributed by atoms with E-state index in [2.05, 4.69) is 50.3 Å². The van der Waals surface area contributed by atoms with Crippen molar-refractivity contribution in [3.8, 4) is 0 Å². The van der Waals surface area contributed by atoms with Crippen LogP contribution in [0.2, 0.25) is 0 Å². The lowest BCUT2D eigenvalue weighted by atomic mass is 10.0. The Morgan fingerprint density at radius 2 is 0.621 bits per heavy atom. The molecule has 0 aliphatic heterocycles. The van der Waals surface area contributed by atoms with Gasteiger partial charge >= 0.3 is 11.9 Å². The Kier molecular flexibility index (Phi) is 67.4. The molecule has 0 aromatic carbocycles. The number of esters is 2. The number of hydrogen-bond donors (Lipinski definition) is 0. The highest BCUT2D eigenvalue weighted by molar-refractivity contribution is 5.70. The molecule has 0 saturated heterocycles. The number of likely N-dealkylation sites (N-methyl/N-ethyl adjacent to an activating group) is 1. The van der Waals surface area contributed by atoms with Gasteiger partial charge in [0.25, 0.3) is 0 Å². The Bertz CT molecular complexity index is 1520. The van der Waals surface area contributed by atoms with Crippen molar-refractivity contribution in [1.82, 2.24) is 0 Å². The minimum Gasteiger partial charge on any atom is -0.545 e. The number of nitrogens with zero attached hydrogens (tertiary/aromatic N) is 1. The maximum absolute atomic E-state index is 12.9. The lowest BCUT2D eigenvalue weighted by molar-refractivity contribution is -0.870. The summed E-state index contributed by atoms with van der Waals surface area (Å²) in [4.78, 5) is 37.5.